The van der Waals surface area contributed by atoms with Crippen LogP contribution in [0, 0.1) is 5.82 Å². The molecule has 0 saturated heterocycles. The highest BCUT2D eigenvalue weighted by Gasteiger charge is 2.16. The highest BCUT2D eigenvalue weighted by atomic mass is 32.2. The summed E-state index contributed by atoms with van der Waals surface area (Å²) < 4.78 is 18.5. The highest BCUT2D eigenvalue weighted by molar-refractivity contribution is 7.99. The van der Waals surface area contributed by atoms with E-state index in [1.165, 1.54) is 31.0 Å². The van der Waals surface area contributed by atoms with E-state index in [-0.39, 0.29) is 22.9 Å². The normalized spacial score (nSPS) is 11.8. The van der Waals surface area contributed by atoms with E-state index in [1.807, 2.05) is 0 Å². The first-order valence-corrected chi connectivity index (χ1v) is 7.67. The smallest absolute Gasteiger partial charge is 0.239 e. The number of thioether (sulfide) groups is 1. The van der Waals surface area contributed by atoms with Crippen molar-refractivity contribution in [1.29, 1.82) is 0 Å². The number of halogens is 1. The van der Waals surface area contributed by atoms with Crippen LogP contribution >= 0.6 is 11.8 Å². The molecule has 1 aromatic heterocycles. The van der Waals surface area contributed by atoms with Gasteiger partial charge >= 0.3 is 0 Å². The Bertz CT molecular complexity index is 640. The first-order valence-electron chi connectivity index (χ1n) is 6.62. The Morgan fingerprint density at radius 3 is 2.82 bits per heavy atom. The number of carbonyl (C=O) groups excluding carboxylic acids is 1. The van der Waals surface area contributed by atoms with E-state index < -0.39 is 0 Å². The number of nitrogens with zero attached hydrogens (tertiary/aromatic N) is 2. The molecule has 2 rings (SSSR count). The average Bonchev–Trinajstić information content (AvgIpc) is 2.53. The minimum Gasteiger partial charge on any atom is -0.496 e. The summed E-state index contributed by atoms with van der Waals surface area (Å²) in [6.07, 6.45) is 3.11. The molecule has 1 atom stereocenters. The molecule has 2 aromatic rings. The summed E-state index contributed by atoms with van der Waals surface area (Å²) >= 11 is 1.38. The number of nitrogens with one attached hydrogen (secondary N) is 1. The molecule has 1 aromatic carbocycles. The molecule has 1 amide bonds. The fourth-order valence-corrected chi connectivity index (χ4v) is 2.59. The minimum absolute atomic E-state index is 0.202. The summed E-state index contributed by atoms with van der Waals surface area (Å²) in [6, 6.07) is 6.00. The fraction of sp³-hybridized carbons (Fsp3) is 0.267. The molecule has 22 heavy (non-hydrogen) atoms. The molecule has 7 heteroatoms. The van der Waals surface area contributed by atoms with E-state index in [4.69, 9.17) is 4.74 Å². The van der Waals surface area contributed by atoms with Gasteiger partial charge in [0.2, 0.25) is 11.9 Å². The number of aromatic nitrogens is 2. The van der Waals surface area contributed by atoms with Crippen molar-refractivity contribution in [2.45, 2.75) is 17.9 Å². The van der Waals surface area contributed by atoms with Gasteiger partial charge in [0.1, 0.15) is 11.6 Å². The minimum atomic E-state index is -0.336. The summed E-state index contributed by atoms with van der Waals surface area (Å²) in [7, 11) is 1.53. The molecule has 0 radical (unpaired) electrons. The van der Waals surface area contributed by atoms with Gasteiger partial charge in [0.05, 0.1) is 12.4 Å². The number of anilines is 1. The lowest BCUT2D eigenvalue weighted by molar-refractivity contribution is -0.115. The first-order chi connectivity index (χ1) is 10.6. The Morgan fingerprint density at radius 1 is 1.41 bits per heavy atom. The third-order valence-electron chi connectivity index (χ3n) is 2.90. The van der Waals surface area contributed by atoms with Crippen LogP contribution in [0.25, 0.3) is 0 Å². The van der Waals surface area contributed by atoms with E-state index in [0.29, 0.717) is 17.1 Å². The maximum Gasteiger partial charge on any atom is 0.239 e. The molecule has 0 spiro atoms. The second-order valence-electron chi connectivity index (χ2n) is 4.47. The maximum atomic E-state index is 13.3. The van der Waals surface area contributed by atoms with E-state index in [9.17, 15) is 9.18 Å². The van der Waals surface area contributed by atoms with Gasteiger partial charge in [0.25, 0.3) is 0 Å². The number of ether oxygens (including phenoxy) is 1. The second kappa shape index (κ2) is 7.74. The first kappa shape index (κ1) is 16.2. The molecule has 1 N–H and O–H groups in total. The monoisotopic (exact) mass is 321 g/mol. The molecular weight excluding hydrogens is 305 g/mol. The number of methoxy groups -OCH3 is 1. The second-order valence-corrected chi connectivity index (χ2v) is 5.80. The molecule has 0 bridgehead atoms. The lowest BCUT2D eigenvalue weighted by atomic mass is 10.2. The van der Waals surface area contributed by atoms with Crippen molar-refractivity contribution in [3.8, 4) is 5.75 Å². The molecule has 116 valence electrons. The number of benzene rings is 1. The van der Waals surface area contributed by atoms with Crippen LogP contribution in [0.5, 0.6) is 5.75 Å². The highest BCUT2D eigenvalue weighted by Crippen LogP contribution is 2.26. The number of amides is 1. The third-order valence-corrected chi connectivity index (χ3v) is 4.09. The predicted octanol–water partition coefficient (Wildman–Crippen LogP) is 2.88. The fourth-order valence-electron chi connectivity index (χ4n) is 1.73. The molecule has 0 aliphatic heterocycles. The van der Waals surface area contributed by atoms with E-state index in [0.717, 1.165) is 0 Å². The van der Waals surface area contributed by atoms with E-state index in [2.05, 4.69) is 15.3 Å². The van der Waals surface area contributed by atoms with Gasteiger partial charge in [0.15, 0.2) is 0 Å². The molecule has 5 nitrogen and oxygen atoms in total. The lowest BCUT2D eigenvalue weighted by Gasteiger charge is -2.13. The van der Waals surface area contributed by atoms with Gasteiger partial charge in [-0.3, -0.25) is 10.1 Å². The summed E-state index contributed by atoms with van der Waals surface area (Å²) in [4.78, 5) is 19.9. The lowest BCUT2D eigenvalue weighted by Crippen LogP contribution is -2.23. The molecule has 0 saturated carbocycles. The molecule has 0 fully saturated rings. The van der Waals surface area contributed by atoms with Crippen molar-refractivity contribution in [2.75, 3.05) is 12.4 Å². The number of hydrogen-bond acceptors (Lipinski definition) is 5. The standard InChI is InChI=1S/C15H16FN3O2S/c1-10(14(20)19-15-17-6-3-7-18-15)22-9-11-8-12(16)4-5-13(11)21-2/h3-8,10H,9H2,1-2H3,(H,17,18,19,20). The maximum absolute atomic E-state index is 13.3. The van der Waals surface area contributed by atoms with Crippen molar-refractivity contribution in [1.82, 2.24) is 9.97 Å². The number of carbonyl (C=O) groups is 1. The van der Waals surface area contributed by atoms with Gasteiger partial charge in [-0.05, 0) is 31.2 Å². The molecular formula is C15H16FN3O2S. The SMILES string of the molecule is COc1ccc(F)cc1CSC(C)C(=O)Nc1ncccn1. The Hall–Kier alpha value is -2.15. The van der Waals surface area contributed by atoms with Gasteiger partial charge < -0.3 is 4.74 Å². The van der Waals surface area contributed by atoms with E-state index >= 15 is 0 Å². The Kier molecular flexibility index (Phi) is 5.71. The summed E-state index contributed by atoms with van der Waals surface area (Å²) in [6.45, 7) is 1.77. The quantitative estimate of drug-likeness (QED) is 0.886. The summed E-state index contributed by atoms with van der Waals surface area (Å²) in [5, 5.41) is 2.29. The zero-order valence-electron chi connectivity index (χ0n) is 12.2. The Balaban J connectivity index is 1.93. The van der Waals surface area contributed by atoms with Crippen LogP contribution in [-0.2, 0) is 10.5 Å². The van der Waals surface area contributed by atoms with Crippen LogP contribution in [-0.4, -0.2) is 28.2 Å². The topological polar surface area (TPSA) is 64.1 Å². The van der Waals surface area contributed by atoms with Gasteiger partial charge in [-0.2, -0.15) is 0 Å². The molecule has 0 aliphatic carbocycles. The van der Waals surface area contributed by atoms with Gasteiger partial charge in [0, 0.05) is 23.7 Å². The summed E-state index contributed by atoms with van der Waals surface area (Å²) in [5.74, 6) is 0.805. The molecule has 0 aliphatic rings. The number of rotatable bonds is 6. The predicted molar refractivity (Wildman–Crippen MR) is 84.4 cm³/mol. The molecule has 1 unspecified atom stereocenters. The average molecular weight is 321 g/mol. The van der Waals surface area contributed by atoms with E-state index in [1.54, 1.807) is 31.5 Å². The summed E-state index contributed by atoms with van der Waals surface area (Å²) in [5.41, 5.74) is 0.711. The molecule has 1 heterocycles. The van der Waals surface area contributed by atoms with Crippen LogP contribution in [0.3, 0.4) is 0 Å². The third kappa shape index (κ3) is 4.42. The Morgan fingerprint density at radius 2 is 2.14 bits per heavy atom. The van der Waals surface area contributed by atoms with Crippen molar-refractivity contribution < 1.29 is 13.9 Å². The van der Waals surface area contributed by atoms with Crippen molar-refractivity contribution in [2.24, 2.45) is 0 Å². The van der Waals surface area contributed by atoms with Crippen LogP contribution in [0.1, 0.15) is 12.5 Å². The zero-order valence-corrected chi connectivity index (χ0v) is 13.1. The van der Waals surface area contributed by atoms with Crippen LogP contribution < -0.4 is 10.1 Å². The van der Waals surface area contributed by atoms with Crippen molar-refractivity contribution in [3.05, 3.63) is 48.0 Å². The van der Waals surface area contributed by atoms with Crippen LogP contribution in [0.15, 0.2) is 36.7 Å². The van der Waals surface area contributed by atoms with Gasteiger partial charge in [-0.25, -0.2) is 14.4 Å². The van der Waals surface area contributed by atoms with Crippen LogP contribution in [0.4, 0.5) is 10.3 Å². The van der Waals surface area contributed by atoms with Crippen molar-refractivity contribution in [3.63, 3.8) is 0 Å². The van der Waals surface area contributed by atoms with Crippen LogP contribution in [0.2, 0.25) is 0 Å². The largest absolute Gasteiger partial charge is 0.496 e. The van der Waals surface area contributed by atoms with Crippen molar-refractivity contribution >= 4 is 23.6 Å². The van der Waals surface area contributed by atoms with Gasteiger partial charge in [-0.1, -0.05) is 0 Å². The zero-order chi connectivity index (χ0) is 15.9. The Labute approximate surface area is 132 Å². The van der Waals surface area contributed by atoms with Gasteiger partial charge in [-0.15, -0.1) is 11.8 Å². The number of hydrogen-bond donors (Lipinski definition) is 1.